The van der Waals surface area contributed by atoms with E-state index in [1.165, 1.54) is 0 Å². The topological polar surface area (TPSA) is 68.9 Å². The maximum atomic E-state index is 12.3. The average molecular weight is 288 g/mol. The van der Waals surface area contributed by atoms with Crippen LogP contribution in [0.3, 0.4) is 0 Å². The molecule has 1 aliphatic rings. The average Bonchev–Trinajstić information content (AvgIpc) is 2.38. The van der Waals surface area contributed by atoms with Crippen LogP contribution in [-0.2, 0) is 6.42 Å². The first-order valence-corrected chi connectivity index (χ1v) is 6.84. The van der Waals surface area contributed by atoms with E-state index >= 15 is 0 Å². The molecule has 0 unspecified atom stereocenters. The summed E-state index contributed by atoms with van der Waals surface area (Å²) < 4.78 is 0. The molecule has 0 radical (unpaired) electrons. The molecule has 0 fully saturated rings. The van der Waals surface area contributed by atoms with Crippen molar-refractivity contribution in [3.05, 3.63) is 51.8 Å². The summed E-state index contributed by atoms with van der Waals surface area (Å²) in [6, 6.07) is 7.61. The molecule has 5 heteroatoms. The number of nitrogens with two attached hydrogens (primary N) is 1. The summed E-state index contributed by atoms with van der Waals surface area (Å²) in [5.41, 5.74) is 8.85. The maximum absolute atomic E-state index is 12.3. The van der Waals surface area contributed by atoms with Crippen molar-refractivity contribution in [1.82, 2.24) is 9.97 Å². The summed E-state index contributed by atoms with van der Waals surface area (Å²) in [6.07, 6.45) is 1.18. The molecule has 2 aromatic rings. The lowest BCUT2D eigenvalue weighted by atomic mass is 9.81. The lowest BCUT2D eigenvalue weighted by Gasteiger charge is -2.24. The molecule has 0 aliphatic heterocycles. The standard InChI is InChI=1S/C15H14ClN3O/c1-8-14-12(19-15(17)18-8)6-10(7-13(14)20)9-2-4-11(16)5-3-9/h2-5,10H,6-7H2,1H3,(H2,17,18,19)/t10-/m0/s1. The predicted molar refractivity (Wildman–Crippen MR) is 78.0 cm³/mol. The summed E-state index contributed by atoms with van der Waals surface area (Å²) in [5.74, 6) is 0.440. The Hall–Kier alpha value is -1.94. The van der Waals surface area contributed by atoms with Gasteiger partial charge in [-0.05, 0) is 37.0 Å². The van der Waals surface area contributed by atoms with Crippen LogP contribution in [0.4, 0.5) is 5.95 Å². The lowest BCUT2D eigenvalue weighted by molar-refractivity contribution is 0.0962. The summed E-state index contributed by atoms with van der Waals surface area (Å²) in [6.45, 7) is 1.80. The van der Waals surface area contributed by atoms with Crippen molar-refractivity contribution in [2.75, 3.05) is 5.73 Å². The van der Waals surface area contributed by atoms with Crippen LogP contribution in [0, 0.1) is 6.92 Å². The fourth-order valence-corrected chi connectivity index (χ4v) is 2.89. The molecule has 0 saturated heterocycles. The van der Waals surface area contributed by atoms with Gasteiger partial charge in [0.05, 0.1) is 17.0 Å². The second-order valence-corrected chi connectivity index (χ2v) is 5.51. The van der Waals surface area contributed by atoms with E-state index in [1.807, 2.05) is 24.3 Å². The number of Topliss-reactive ketones (excluding diaryl/α,β-unsaturated/α-hetero) is 1. The molecule has 1 atom stereocenters. The minimum atomic E-state index is 0.0868. The number of carbonyl (C=O) groups is 1. The van der Waals surface area contributed by atoms with Crippen molar-refractivity contribution in [3.8, 4) is 0 Å². The zero-order chi connectivity index (χ0) is 14.3. The third-order valence-corrected chi connectivity index (χ3v) is 3.93. The molecule has 1 aromatic heterocycles. The van der Waals surface area contributed by atoms with E-state index in [4.69, 9.17) is 17.3 Å². The van der Waals surface area contributed by atoms with Gasteiger partial charge >= 0.3 is 0 Å². The Morgan fingerprint density at radius 2 is 1.90 bits per heavy atom. The Morgan fingerprint density at radius 3 is 2.60 bits per heavy atom. The van der Waals surface area contributed by atoms with E-state index in [0.29, 0.717) is 29.1 Å². The first-order valence-electron chi connectivity index (χ1n) is 6.46. The van der Waals surface area contributed by atoms with E-state index in [1.54, 1.807) is 6.92 Å². The van der Waals surface area contributed by atoms with Crippen molar-refractivity contribution in [2.24, 2.45) is 0 Å². The predicted octanol–water partition coefficient (Wildman–Crippen LogP) is 2.93. The molecule has 0 amide bonds. The number of rotatable bonds is 1. The van der Waals surface area contributed by atoms with E-state index in [-0.39, 0.29) is 17.6 Å². The Morgan fingerprint density at radius 1 is 1.20 bits per heavy atom. The van der Waals surface area contributed by atoms with Crippen LogP contribution in [0.15, 0.2) is 24.3 Å². The number of halogens is 1. The highest BCUT2D eigenvalue weighted by molar-refractivity contribution is 6.30. The van der Waals surface area contributed by atoms with Crippen LogP contribution in [0.5, 0.6) is 0 Å². The third kappa shape index (κ3) is 2.27. The highest BCUT2D eigenvalue weighted by atomic mass is 35.5. The minimum absolute atomic E-state index is 0.0868. The molecule has 2 N–H and O–H groups in total. The summed E-state index contributed by atoms with van der Waals surface area (Å²) >= 11 is 5.90. The monoisotopic (exact) mass is 287 g/mol. The molecule has 1 heterocycles. The largest absolute Gasteiger partial charge is 0.368 e. The zero-order valence-electron chi connectivity index (χ0n) is 11.1. The Balaban J connectivity index is 2.00. The lowest BCUT2D eigenvalue weighted by Crippen LogP contribution is -2.22. The second kappa shape index (κ2) is 4.87. The molecular weight excluding hydrogens is 274 g/mol. The maximum Gasteiger partial charge on any atom is 0.220 e. The number of nitrogen functional groups attached to an aromatic ring is 1. The van der Waals surface area contributed by atoms with Gasteiger partial charge in [0.25, 0.3) is 0 Å². The van der Waals surface area contributed by atoms with Crippen molar-refractivity contribution in [3.63, 3.8) is 0 Å². The fraction of sp³-hybridized carbons (Fsp3) is 0.267. The molecule has 3 rings (SSSR count). The van der Waals surface area contributed by atoms with Crippen LogP contribution in [0.2, 0.25) is 5.02 Å². The molecule has 20 heavy (non-hydrogen) atoms. The number of hydrogen-bond donors (Lipinski definition) is 1. The van der Waals surface area contributed by atoms with Crippen LogP contribution in [0.25, 0.3) is 0 Å². The van der Waals surface area contributed by atoms with Gasteiger partial charge in [-0.15, -0.1) is 0 Å². The molecule has 102 valence electrons. The van der Waals surface area contributed by atoms with Gasteiger partial charge in [0, 0.05) is 11.4 Å². The number of fused-ring (bicyclic) bond motifs is 1. The summed E-state index contributed by atoms with van der Waals surface area (Å²) in [4.78, 5) is 20.6. The second-order valence-electron chi connectivity index (χ2n) is 5.07. The van der Waals surface area contributed by atoms with Crippen LogP contribution < -0.4 is 5.73 Å². The number of aryl methyl sites for hydroxylation is 1. The van der Waals surface area contributed by atoms with Gasteiger partial charge in [0.15, 0.2) is 5.78 Å². The quantitative estimate of drug-likeness (QED) is 0.875. The number of nitrogens with zero attached hydrogens (tertiary/aromatic N) is 2. The van der Waals surface area contributed by atoms with Gasteiger partial charge in [0.1, 0.15) is 0 Å². The number of benzene rings is 1. The van der Waals surface area contributed by atoms with Crippen LogP contribution >= 0.6 is 11.6 Å². The number of aromatic nitrogens is 2. The normalized spacial score (nSPS) is 17.9. The fourth-order valence-electron chi connectivity index (χ4n) is 2.77. The molecule has 0 spiro atoms. The van der Waals surface area contributed by atoms with E-state index in [0.717, 1.165) is 11.3 Å². The minimum Gasteiger partial charge on any atom is -0.368 e. The molecule has 0 bridgehead atoms. The Bertz CT molecular complexity index is 682. The van der Waals surface area contributed by atoms with E-state index < -0.39 is 0 Å². The van der Waals surface area contributed by atoms with Crippen LogP contribution in [-0.4, -0.2) is 15.8 Å². The van der Waals surface area contributed by atoms with Gasteiger partial charge in [-0.2, -0.15) is 0 Å². The molecule has 4 nitrogen and oxygen atoms in total. The summed E-state index contributed by atoms with van der Waals surface area (Å²) in [7, 11) is 0. The first-order chi connectivity index (χ1) is 9.54. The number of ketones is 1. The Kier molecular flexibility index (Phi) is 3.18. The van der Waals surface area contributed by atoms with Crippen molar-refractivity contribution in [1.29, 1.82) is 0 Å². The van der Waals surface area contributed by atoms with Gasteiger partial charge in [0.2, 0.25) is 5.95 Å². The SMILES string of the molecule is Cc1nc(N)nc2c1C(=O)C[C@@H](c1ccc(Cl)cc1)C2. The Labute approximate surface area is 122 Å². The van der Waals surface area contributed by atoms with Gasteiger partial charge in [-0.25, -0.2) is 9.97 Å². The van der Waals surface area contributed by atoms with Crippen LogP contribution in [0.1, 0.15) is 39.6 Å². The van der Waals surface area contributed by atoms with Gasteiger partial charge in [-0.3, -0.25) is 4.79 Å². The molecule has 0 saturated carbocycles. The molecule has 1 aromatic carbocycles. The number of hydrogen-bond acceptors (Lipinski definition) is 4. The highest BCUT2D eigenvalue weighted by Crippen LogP contribution is 2.33. The van der Waals surface area contributed by atoms with E-state index in [2.05, 4.69) is 9.97 Å². The summed E-state index contributed by atoms with van der Waals surface area (Å²) in [5, 5.41) is 0.693. The first kappa shape index (κ1) is 13.1. The number of carbonyl (C=O) groups excluding carboxylic acids is 1. The smallest absolute Gasteiger partial charge is 0.220 e. The molecular formula is C15H14ClN3O. The van der Waals surface area contributed by atoms with Crippen molar-refractivity contribution in [2.45, 2.75) is 25.7 Å². The highest BCUT2D eigenvalue weighted by Gasteiger charge is 2.29. The number of anilines is 1. The van der Waals surface area contributed by atoms with Crippen molar-refractivity contribution >= 4 is 23.3 Å². The third-order valence-electron chi connectivity index (χ3n) is 3.67. The zero-order valence-corrected chi connectivity index (χ0v) is 11.8. The van der Waals surface area contributed by atoms with Gasteiger partial charge < -0.3 is 5.73 Å². The van der Waals surface area contributed by atoms with Gasteiger partial charge in [-0.1, -0.05) is 23.7 Å². The van der Waals surface area contributed by atoms with Crippen molar-refractivity contribution < 1.29 is 4.79 Å². The molecule has 1 aliphatic carbocycles. The van der Waals surface area contributed by atoms with E-state index in [9.17, 15) is 4.79 Å².